The number of hydrogen-bond donors (Lipinski definition) is 2. The van der Waals surface area contributed by atoms with E-state index in [0.29, 0.717) is 45.2 Å². The fourth-order valence-corrected chi connectivity index (χ4v) is 5.78. The van der Waals surface area contributed by atoms with Gasteiger partial charge in [0, 0.05) is 26.2 Å². The van der Waals surface area contributed by atoms with Crippen molar-refractivity contribution in [3.63, 3.8) is 0 Å². The molecule has 218 valence electrons. The van der Waals surface area contributed by atoms with Crippen LogP contribution in [-0.2, 0) is 4.79 Å². The Balaban J connectivity index is 1.65. The summed E-state index contributed by atoms with van der Waals surface area (Å²) in [5, 5.41) is 21.9. The topological polar surface area (TPSA) is 87.6 Å². The number of amides is 3. The molecule has 2 heterocycles. The first kappa shape index (κ1) is 32.8. The second-order valence-corrected chi connectivity index (χ2v) is 13.3. The van der Waals surface area contributed by atoms with Gasteiger partial charge in [0.1, 0.15) is 11.5 Å². The molecule has 2 fully saturated rings. The highest BCUT2D eigenvalue weighted by atomic mass is 32.1. The average Bonchev–Trinajstić information content (AvgIpc) is 3.30. The molecular formula is C28H50N4O4S2. The van der Waals surface area contributed by atoms with Gasteiger partial charge < -0.3 is 24.9 Å². The van der Waals surface area contributed by atoms with Gasteiger partial charge in [-0.25, -0.2) is 4.79 Å². The van der Waals surface area contributed by atoms with Gasteiger partial charge in [0.2, 0.25) is 5.91 Å². The second kappa shape index (κ2) is 14.3. The largest absolute Gasteiger partial charge is 0.393 e. The van der Waals surface area contributed by atoms with E-state index in [1.54, 1.807) is 4.90 Å². The maximum atomic E-state index is 12.3. The van der Waals surface area contributed by atoms with Crippen LogP contribution in [0.3, 0.4) is 0 Å². The molecule has 2 aliphatic heterocycles. The van der Waals surface area contributed by atoms with Crippen molar-refractivity contribution in [1.82, 2.24) is 19.6 Å². The second-order valence-electron chi connectivity index (χ2n) is 12.5. The highest BCUT2D eigenvalue weighted by molar-refractivity contribution is 7.82. The van der Waals surface area contributed by atoms with Crippen LogP contribution in [0.1, 0.15) is 92.9 Å². The molecule has 10 heteroatoms. The number of rotatable bonds is 17. The van der Waals surface area contributed by atoms with E-state index >= 15 is 0 Å². The number of imide groups is 1. The van der Waals surface area contributed by atoms with Crippen molar-refractivity contribution in [2.75, 3.05) is 39.3 Å². The quantitative estimate of drug-likeness (QED) is 0.196. The van der Waals surface area contributed by atoms with Crippen molar-refractivity contribution in [2.24, 2.45) is 10.8 Å². The summed E-state index contributed by atoms with van der Waals surface area (Å²) >= 11 is 11.1. The van der Waals surface area contributed by atoms with Gasteiger partial charge >= 0.3 is 6.03 Å². The summed E-state index contributed by atoms with van der Waals surface area (Å²) < 4.78 is 0. The van der Waals surface area contributed by atoms with Crippen molar-refractivity contribution in [3.05, 3.63) is 0 Å². The van der Waals surface area contributed by atoms with Gasteiger partial charge in [0.15, 0.2) is 5.11 Å². The molecule has 2 atom stereocenters. The monoisotopic (exact) mass is 570 g/mol. The van der Waals surface area contributed by atoms with Crippen LogP contribution in [0.2, 0.25) is 0 Å². The molecule has 0 bridgehead atoms. The van der Waals surface area contributed by atoms with E-state index in [9.17, 15) is 19.8 Å². The predicted octanol–water partition coefficient (Wildman–Crippen LogP) is 4.42. The molecule has 2 unspecified atom stereocenters. The average molecular weight is 571 g/mol. The number of urea groups is 1. The first-order valence-electron chi connectivity index (χ1n) is 14.2. The van der Waals surface area contributed by atoms with Crippen molar-refractivity contribution in [3.8, 4) is 0 Å². The maximum Gasteiger partial charge on any atom is 0.327 e. The molecule has 3 amide bonds. The number of carbonyl (C=O) groups excluding carboxylic acids is 2. The Kier molecular flexibility index (Phi) is 12.4. The van der Waals surface area contributed by atoms with Crippen molar-refractivity contribution in [1.29, 1.82) is 0 Å². The standard InChI is InChI=1S/C28H50N4O4S2/c1-7-29-19-23(35)31(25(29)36)17-15-27(3,4)13-11-21(33)9-10-22(34)12-14-28(5,6)16-18-32-24(37)20-30(8-2)26(32)38/h21-22,33-34H,7-20H2,1-6H3. The molecule has 38 heavy (non-hydrogen) atoms. The van der Waals surface area contributed by atoms with Crippen molar-refractivity contribution < 1.29 is 19.8 Å². The molecule has 2 aliphatic rings. The Labute approximate surface area is 240 Å². The lowest BCUT2D eigenvalue weighted by atomic mass is 9.82. The van der Waals surface area contributed by atoms with Gasteiger partial charge in [0.25, 0.3) is 0 Å². The molecule has 0 aromatic carbocycles. The lowest BCUT2D eigenvalue weighted by Gasteiger charge is -2.29. The number of thiocarbonyl (C=S) groups is 2. The van der Waals surface area contributed by atoms with E-state index in [1.165, 1.54) is 4.90 Å². The van der Waals surface area contributed by atoms with Gasteiger partial charge in [0.05, 0.1) is 18.8 Å². The van der Waals surface area contributed by atoms with Gasteiger partial charge in [-0.1, -0.05) is 39.9 Å². The van der Waals surface area contributed by atoms with Gasteiger partial charge in [-0.2, -0.15) is 0 Å². The van der Waals surface area contributed by atoms with E-state index in [1.807, 2.05) is 6.92 Å². The van der Waals surface area contributed by atoms with E-state index in [0.717, 1.165) is 49.0 Å². The van der Waals surface area contributed by atoms with Crippen LogP contribution >= 0.6 is 24.4 Å². The third-order valence-electron chi connectivity index (χ3n) is 8.19. The molecule has 0 aliphatic carbocycles. The minimum atomic E-state index is -0.471. The molecule has 0 aromatic rings. The van der Waals surface area contributed by atoms with Gasteiger partial charge in [-0.3, -0.25) is 9.69 Å². The summed E-state index contributed by atoms with van der Waals surface area (Å²) in [4.78, 5) is 32.4. The molecule has 0 radical (unpaired) electrons. The van der Waals surface area contributed by atoms with Gasteiger partial charge in [-0.15, -0.1) is 0 Å². The van der Waals surface area contributed by atoms with Crippen LogP contribution in [0.25, 0.3) is 0 Å². The Morgan fingerprint density at radius 1 is 0.737 bits per heavy atom. The third-order valence-corrected chi connectivity index (χ3v) is 9.01. The highest BCUT2D eigenvalue weighted by Gasteiger charge is 2.36. The molecule has 0 aromatic heterocycles. The maximum absolute atomic E-state index is 12.3. The molecule has 2 N–H and O–H groups in total. The van der Waals surface area contributed by atoms with E-state index in [2.05, 4.69) is 44.4 Å². The van der Waals surface area contributed by atoms with Crippen LogP contribution in [-0.4, -0.2) is 103 Å². The number of aliphatic hydroxyl groups is 2. The minimum Gasteiger partial charge on any atom is -0.393 e. The summed E-state index contributed by atoms with van der Waals surface area (Å²) in [6, 6.07) is -0.198. The fourth-order valence-electron chi connectivity index (χ4n) is 4.99. The number of likely N-dealkylation sites (N-methyl/N-ethyl adjacent to an activating group) is 2. The lowest BCUT2D eigenvalue weighted by Crippen LogP contribution is -2.35. The first-order valence-corrected chi connectivity index (χ1v) is 15.1. The number of carbonyl (C=O) groups is 2. The summed E-state index contributed by atoms with van der Waals surface area (Å²) in [5.74, 6) is -0.129. The molecule has 0 saturated carbocycles. The smallest absolute Gasteiger partial charge is 0.327 e. The minimum absolute atomic E-state index is 0.0563. The lowest BCUT2D eigenvalue weighted by molar-refractivity contribution is -0.125. The van der Waals surface area contributed by atoms with Crippen LogP contribution in [0.5, 0.6) is 0 Å². The Morgan fingerprint density at radius 2 is 1.21 bits per heavy atom. The molecule has 0 spiro atoms. The van der Waals surface area contributed by atoms with Gasteiger partial charge in [-0.05, 0) is 88.3 Å². The Bertz CT molecular complexity index is 783. The molecule has 8 nitrogen and oxygen atoms in total. The molecular weight excluding hydrogens is 520 g/mol. The zero-order valence-corrected chi connectivity index (χ0v) is 26.0. The molecule has 2 rings (SSSR count). The van der Waals surface area contributed by atoms with E-state index in [4.69, 9.17) is 24.4 Å². The summed E-state index contributed by atoms with van der Waals surface area (Å²) in [6.45, 7) is 16.2. The van der Waals surface area contributed by atoms with Crippen LogP contribution in [0.4, 0.5) is 4.79 Å². The third kappa shape index (κ3) is 9.68. The first-order chi connectivity index (χ1) is 17.7. The SMILES string of the molecule is CCN1CC(=O)N(CCC(C)(C)CCC(O)CCC(O)CCC(C)(C)CCN2C(=S)CN(CC)C2=S)C1=O. The zero-order valence-electron chi connectivity index (χ0n) is 24.4. The fraction of sp³-hybridized carbons (Fsp3) is 0.857. The number of nitrogens with zero attached hydrogens (tertiary/aromatic N) is 4. The summed E-state index contributed by atoms with van der Waals surface area (Å²) in [7, 11) is 0. The van der Waals surface area contributed by atoms with E-state index < -0.39 is 12.2 Å². The Hall–Kier alpha value is -1.36. The zero-order chi connectivity index (χ0) is 28.7. The predicted molar refractivity (Wildman–Crippen MR) is 160 cm³/mol. The summed E-state index contributed by atoms with van der Waals surface area (Å²) in [5.41, 5.74) is -0.0430. The van der Waals surface area contributed by atoms with Crippen LogP contribution < -0.4 is 0 Å². The number of aliphatic hydroxyl groups excluding tert-OH is 2. The van der Waals surface area contributed by atoms with Crippen LogP contribution in [0, 0.1) is 10.8 Å². The van der Waals surface area contributed by atoms with Crippen LogP contribution in [0.15, 0.2) is 0 Å². The normalized spacial score (nSPS) is 18.8. The van der Waals surface area contributed by atoms with Crippen molar-refractivity contribution in [2.45, 2.75) is 105 Å². The van der Waals surface area contributed by atoms with E-state index in [-0.39, 0.29) is 29.3 Å². The molecule has 2 saturated heterocycles. The summed E-state index contributed by atoms with van der Waals surface area (Å²) in [6.07, 6.45) is 4.91. The highest BCUT2D eigenvalue weighted by Crippen LogP contribution is 2.31. The number of hydrogen-bond acceptors (Lipinski definition) is 6. The van der Waals surface area contributed by atoms with Crippen molar-refractivity contribution >= 4 is 46.5 Å². The Morgan fingerprint density at radius 3 is 1.63 bits per heavy atom.